The summed E-state index contributed by atoms with van der Waals surface area (Å²) in [4.78, 5) is 14.6. The highest BCUT2D eigenvalue weighted by atomic mass is 35.5. The van der Waals surface area contributed by atoms with Gasteiger partial charge in [0, 0.05) is 19.6 Å². The zero-order valence-electron chi connectivity index (χ0n) is 12.4. The van der Waals surface area contributed by atoms with Crippen molar-refractivity contribution in [1.82, 2.24) is 10.2 Å². The first-order valence-corrected chi connectivity index (χ1v) is 7.43. The number of rotatable bonds is 4. The molecule has 3 nitrogen and oxygen atoms in total. The van der Waals surface area contributed by atoms with Crippen molar-refractivity contribution in [3.8, 4) is 0 Å². The molecular formula is C18H21ClN2O. The van der Waals surface area contributed by atoms with Gasteiger partial charge < -0.3 is 10.2 Å². The first-order valence-electron chi connectivity index (χ1n) is 7.43. The van der Waals surface area contributed by atoms with E-state index in [2.05, 4.69) is 29.6 Å². The maximum Gasteiger partial charge on any atom is 0.240 e. The van der Waals surface area contributed by atoms with Gasteiger partial charge in [0.25, 0.3) is 0 Å². The van der Waals surface area contributed by atoms with Gasteiger partial charge in [-0.3, -0.25) is 4.79 Å². The van der Waals surface area contributed by atoms with E-state index in [0.29, 0.717) is 6.54 Å². The molecule has 1 saturated heterocycles. The minimum absolute atomic E-state index is 0. The van der Waals surface area contributed by atoms with Gasteiger partial charge in [0.05, 0.1) is 6.04 Å². The third-order valence-electron chi connectivity index (χ3n) is 3.88. The van der Waals surface area contributed by atoms with Crippen LogP contribution in [0.5, 0.6) is 0 Å². The molecule has 0 bridgehead atoms. The third-order valence-corrected chi connectivity index (χ3v) is 3.88. The standard InChI is InChI=1S/C18H20N2O.ClH/c21-18-17(13-15-7-3-1-4-8-15)19-11-12-20(18)14-16-9-5-2-6-10-16;/h1-10,17,19H,11-14H2;1H/t17-;/m0./s1. The van der Waals surface area contributed by atoms with Crippen LogP contribution in [0.4, 0.5) is 0 Å². The van der Waals surface area contributed by atoms with Gasteiger partial charge in [-0.1, -0.05) is 60.7 Å². The zero-order chi connectivity index (χ0) is 14.5. The number of benzene rings is 2. The first-order chi connectivity index (χ1) is 10.3. The van der Waals surface area contributed by atoms with E-state index in [0.717, 1.165) is 19.5 Å². The molecule has 0 radical (unpaired) electrons. The molecule has 1 aliphatic rings. The molecule has 0 unspecified atom stereocenters. The monoisotopic (exact) mass is 316 g/mol. The van der Waals surface area contributed by atoms with E-state index in [1.165, 1.54) is 11.1 Å². The smallest absolute Gasteiger partial charge is 0.240 e. The fraction of sp³-hybridized carbons (Fsp3) is 0.278. The van der Waals surface area contributed by atoms with Crippen molar-refractivity contribution < 1.29 is 4.79 Å². The summed E-state index contributed by atoms with van der Waals surface area (Å²) in [5.41, 5.74) is 2.39. The summed E-state index contributed by atoms with van der Waals surface area (Å²) < 4.78 is 0. The summed E-state index contributed by atoms with van der Waals surface area (Å²) in [6.07, 6.45) is 0.755. The fourth-order valence-electron chi connectivity index (χ4n) is 2.76. The molecule has 0 spiro atoms. The quantitative estimate of drug-likeness (QED) is 0.940. The number of amides is 1. The molecule has 1 atom stereocenters. The van der Waals surface area contributed by atoms with E-state index in [1.807, 2.05) is 41.3 Å². The van der Waals surface area contributed by atoms with E-state index in [1.54, 1.807) is 0 Å². The van der Waals surface area contributed by atoms with Gasteiger partial charge in [-0.25, -0.2) is 0 Å². The number of halogens is 1. The molecule has 0 aromatic heterocycles. The second-order valence-electron chi connectivity index (χ2n) is 5.44. The van der Waals surface area contributed by atoms with Gasteiger partial charge in [0.15, 0.2) is 0 Å². The Hall–Kier alpha value is -1.84. The van der Waals surface area contributed by atoms with Crippen LogP contribution in [0.1, 0.15) is 11.1 Å². The Morgan fingerprint density at radius 1 is 0.955 bits per heavy atom. The van der Waals surface area contributed by atoms with Gasteiger partial charge in [-0.05, 0) is 17.5 Å². The Morgan fingerprint density at radius 3 is 2.18 bits per heavy atom. The van der Waals surface area contributed by atoms with Crippen molar-refractivity contribution in [2.45, 2.75) is 19.0 Å². The lowest BCUT2D eigenvalue weighted by Crippen LogP contribution is -2.55. The molecule has 0 aliphatic carbocycles. The molecule has 1 N–H and O–H groups in total. The lowest BCUT2D eigenvalue weighted by molar-refractivity contribution is -0.136. The number of nitrogens with one attached hydrogen (secondary N) is 1. The highest BCUT2D eigenvalue weighted by molar-refractivity contribution is 5.85. The minimum Gasteiger partial charge on any atom is -0.336 e. The first kappa shape index (κ1) is 16.5. The maximum atomic E-state index is 12.6. The minimum atomic E-state index is -0.107. The lowest BCUT2D eigenvalue weighted by Gasteiger charge is -2.33. The van der Waals surface area contributed by atoms with E-state index < -0.39 is 0 Å². The summed E-state index contributed by atoms with van der Waals surface area (Å²) in [6, 6.07) is 20.3. The summed E-state index contributed by atoms with van der Waals surface area (Å²) in [5, 5.41) is 3.34. The van der Waals surface area contributed by atoms with Crippen LogP contribution in [0.15, 0.2) is 60.7 Å². The number of hydrogen-bond acceptors (Lipinski definition) is 2. The molecule has 2 aromatic carbocycles. The van der Waals surface area contributed by atoms with Crippen LogP contribution in [0.25, 0.3) is 0 Å². The molecular weight excluding hydrogens is 296 g/mol. The molecule has 1 aliphatic heterocycles. The topological polar surface area (TPSA) is 32.3 Å². The van der Waals surface area contributed by atoms with Crippen LogP contribution in [0.2, 0.25) is 0 Å². The van der Waals surface area contributed by atoms with Crippen LogP contribution in [0.3, 0.4) is 0 Å². The summed E-state index contributed by atoms with van der Waals surface area (Å²) in [6.45, 7) is 2.34. The molecule has 22 heavy (non-hydrogen) atoms. The highest BCUT2D eigenvalue weighted by Crippen LogP contribution is 2.12. The zero-order valence-corrected chi connectivity index (χ0v) is 13.3. The van der Waals surface area contributed by atoms with E-state index in [-0.39, 0.29) is 24.4 Å². The molecule has 4 heteroatoms. The number of nitrogens with zero attached hydrogens (tertiary/aromatic N) is 1. The third kappa shape index (κ3) is 4.09. The molecule has 1 fully saturated rings. The second kappa shape index (κ2) is 7.97. The molecule has 116 valence electrons. The molecule has 2 aromatic rings. The Labute approximate surface area is 137 Å². The van der Waals surface area contributed by atoms with Gasteiger partial charge in [-0.15, -0.1) is 12.4 Å². The van der Waals surface area contributed by atoms with E-state index in [9.17, 15) is 4.79 Å². The van der Waals surface area contributed by atoms with E-state index in [4.69, 9.17) is 0 Å². The normalized spacial score (nSPS) is 17.9. The lowest BCUT2D eigenvalue weighted by atomic mass is 10.0. The molecule has 3 rings (SSSR count). The number of carbonyl (C=O) groups is 1. The molecule has 1 amide bonds. The van der Waals surface area contributed by atoms with Crippen molar-refractivity contribution in [1.29, 1.82) is 0 Å². The Balaban J connectivity index is 0.00000176. The summed E-state index contributed by atoms with van der Waals surface area (Å²) >= 11 is 0. The Morgan fingerprint density at radius 2 is 1.55 bits per heavy atom. The van der Waals surface area contributed by atoms with Crippen LogP contribution >= 0.6 is 12.4 Å². The van der Waals surface area contributed by atoms with Crippen molar-refractivity contribution >= 4 is 18.3 Å². The van der Waals surface area contributed by atoms with Gasteiger partial charge in [0.2, 0.25) is 5.91 Å². The van der Waals surface area contributed by atoms with Gasteiger partial charge in [0.1, 0.15) is 0 Å². The largest absolute Gasteiger partial charge is 0.336 e. The number of carbonyl (C=O) groups excluding carboxylic acids is 1. The SMILES string of the molecule is Cl.O=C1[C@H](Cc2ccccc2)NCCN1Cc1ccccc1. The average Bonchev–Trinajstić information content (AvgIpc) is 2.53. The van der Waals surface area contributed by atoms with Crippen molar-refractivity contribution in [2.75, 3.05) is 13.1 Å². The molecule has 0 saturated carbocycles. The molecule has 1 heterocycles. The number of piperazine rings is 1. The highest BCUT2D eigenvalue weighted by Gasteiger charge is 2.28. The van der Waals surface area contributed by atoms with Gasteiger partial charge >= 0.3 is 0 Å². The second-order valence-corrected chi connectivity index (χ2v) is 5.44. The fourth-order valence-corrected chi connectivity index (χ4v) is 2.76. The van der Waals surface area contributed by atoms with Crippen molar-refractivity contribution in [2.24, 2.45) is 0 Å². The van der Waals surface area contributed by atoms with Crippen LogP contribution in [-0.2, 0) is 17.8 Å². The van der Waals surface area contributed by atoms with Crippen molar-refractivity contribution in [3.63, 3.8) is 0 Å². The van der Waals surface area contributed by atoms with Crippen LogP contribution < -0.4 is 5.32 Å². The van der Waals surface area contributed by atoms with Crippen molar-refractivity contribution in [3.05, 3.63) is 71.8 Å². The maximum absolute atomic E-state index is 12.6. The van der Waals surface area contributed by atoms with Crippen LogP contribution in [0, 0.1) is 0 Å². The Kier molecular flexibility index (Phi) is 5.99. The van der Waals surface area contributed by atoms with Gasteiger partial charge in [-0.2, -0.15) is 0 Å². The predicted octanol–water partition coefficient (Wildman–Crippen LogP) is 2.65. The summed E-state index contributed by atoms with van der Waals surface area (Å²) in [5.74, 6) is 0.203. The average molecular weight is 317 g/mol. The predicted molar refractivity (Wildman–Crippen MR) is 91.0 cm³/mol. The Bertz CT molecular complexity index is 537. The van der Waals surface area contributed by atoms with E-state index >= 15 is 0 Å². The van der Waals surface area contributed by atoms with Crippen LogP contribution in [-0.4, -0.2) is 29.9 Å². The number of hydrogen-bond donors (Lipinski definition) is 1. The summed E-state index contributed by atoms with van der Waals surface area (Å²) in [7, 11) is 0.